The summed E-state index contributed by atoms with van der Waals surface area (Å²) in [6.07, 6.45) is 0. The predicted octanol–water partition coefficient (Wildman–Crippen LogP) is 2.19. The normalized spacial score (nSPS) is 18.9. The van der Waals surface area contributed by atoms with Gasteiger partial charge in [0.05, 0.1) is 11.2 Å². The van der Waals surface area contributed by atoms with Gasteiger partial charge in [0, 0.05) is 0 Å². The molecule has 0 aliphatic heterocycles. The maximum atomic E-state index is 10.3. The predicted molar refractivity (Wildman–Crippen MR) is 55.5 cm³/mol. The van der Waals surface area contributed by atoms with Crippen molar-refractivity contribution in [2.24, 2.45) is 11.3 Å². The number of rotatable bonds is 3. The van der Waals surface area contributed by atoms with Crippen molar-refractivity contribution in [1.82, 2.24) is 0 Å². The Morgan fingerprint density at radius 1 is 0.846 bits per heavy atom. The molecule has 13 heavy (non-hydrogen) atoms. The van der Waals surface area contributed by atoms with E-state index in [9.17, 15) is 10.2 Å². The summed E-state index contributed by atoms with van der Waals surface area (Å²) in [5, 5.41) is 20.2. The molecule has 0 aromatic carbocycles. The highest BCUT2D eigenvalue weighted by Gasteiger charge is 2.50. The van der Waals surface area contributed by atoms with Gasteiger partial charge in [0.2, 0.25) is 0 Å². The molecule has 0 radical (unpaired) electrons. The van der Waals surface area contributed by atoms with Gasteiger partial charge in [-0.25, -0.2) is 0 Å². The summed E-state index contributed by atoms with van der Waals surface area (Å²) in [6, 6.07) is 0. The zero-order chi connectivity index (χ0) is 11.1. The third-order valence-corrected chi connectivity index (χ3v) is 3.89. The second kappa shape index (κ2) is 3.25. The minimum absolute atomic E-state index is 0.314. The fourth-order valence-electron chi connectivity index (χ4n) is 1.35. The van der Waals surface area contributed by atoms with Gasteiger partial charge < -0.3 is 10.2 Å². The Bertz CT molecular complexity index is 173. The van der Waals surface area contributed by atoms with Gasteiger partial charge in [-0.05, 0) is 32.1 Å². The van der Waals surface area contributed by atoms with Crippen molar-refractivity contribution < 1.29 is 10.2 Å². The van der Waals surface area contributed by atoms with Crippen molar-refractivity contribution in [2.45, 2.75) is 59.7 Å². The third-order valence-electron chi connectivity index (χ3n) is 3.89. The molecule has 80 valence electrons. The molecular weight excluding hydrogens is 164 g/mol. The van der Waals surface area contributed by atoms with Crippen LogP contribution < -0.4 is 0 Å². The summed E-state index contributed by atoms with van der Waals surface area (Å²) in [5.74, 6) is 0.314. The first-order valence-corrected chi connectivity index (χ1v) is 4.89. The molecule has 0 spiro atoms. The molecule has 0 saturated carbocycles. The topological polar surface area (TPSA) is 40.5 Å². The van der Waals surface area contributed by atoms with Crippen molar-refractivity contribution in [3.8, 4) is 0 Å². The molecule has 0 fully saturated rings. The molecule has 1 unspecified atom stereocenters. The minimum atomic E-state index is -1.09. The van der Waals surface area contributed by atoms with Crippen LogP contribution in [0.25, 0.3) is 0 Å². The molecule has 0 aliphatic rings. The summed E-state index contributed by atoms with van der Waals surface area (Å²) in [5.41, 5.74) is -2.49. The lowest BCUT2D eigenvalue weighted by atomic mass is 9.62. The van der Waals surface area contributed by atoms with Crippen LogP contribution in [0.3, 0.4) is 0 Å². The summed E-state index contributed by atoms with van der Waals surface area (Å²) in [4.78, 5) is 0. The van der Waals surface area contributed by atoms with E-state index in [0.29, 0.717) is 5.92 Å². The van der Waals surface area contributed by atoms with E-state index in [1.54, 1.807) is 20.8 Å². The van der Waals surface area contributed by atoms with Crippen LogP contribution in [0.15, 0.2) is 0 Å². The molecular formula is C11H24O2. The Hall–Kier alpha value is -0.0800. The molecule has 2 nitrogen and oxygen atoms in total. The fraction of sp³-hybridized carbons (Fsp3) is 1.00. The average Bonchev–Trinajstić information content (AvgIpc) is 1.84. The molecule has 0 aromatic heterocycles. The minimum Gasteiger partial charge on any atom is -0.387 e. The van der Waals surface area contributed by atoms with Crippen LogP contribution in [0.1, 0.15) is 48.5 Å². The molecule has 1 atom stereocenters. The third kappa shape index (κ3) is 2.05. The van der Waals surface area contributed by atoms with Crippen LogP contribution in [0.4, 0.5) is 0 Å². The van der Waals surface area contributed by atoms with Gasteiger partial charge in [-0.3, -0.25) is 0 Å². The smallest absolute Gasteiger partial charge is 0.0952 e. The largest absolute Gasteiger partial charge is 0.387 e. The number of hydrogen-bond acceptors (Lipinski definition) is 2. The van der Waals surface area contributed by atoms with Gasteiger partial charge >= 0.3 is 0 Å². The van der Waals surface area contributed by atoms with Crippen LogP contribution >= 0.6 is 0 Å². The van der Waals surface area contributed by atoms with Crippen molar-refractivity contribution >= 4 is 0 Å². The Balaban J connectivity index is 5.04. The van der Waals surface area contributed by atoms with Crippen LogP contribution in [0, 0.1) is 11.3 Å². The highest BCUT2D eigenvalue weighted by Crippen LogP contribution is 2.43. The Morgan fingerprint density at radius 3 is 1.23 bits per heavy atom. The summed E-state index contributed by atoms with van der Waals surface area (Å²) in [7, 11) is 0. The van der Waals surface area contributed by atoms with Gasteiger partial charge in [0.1, 0.15) is 0 Å². The van der Waals surface area contributed by atoms with E-state index in [1.807, 2.05) is 13.8 Å². The zero-order valence-corrected chi connectivity index (χ0v) is 9.97. The number of hydrogen-bond donors (Lipinski definition) is 2. The highest BCUT2D eigenvalue weighted by atomic mass is 16.4. The Kier molecular flexibility index (Phi) is 3.23. The van der Waals surface area contributed by atoms with E-state index in [0.717, 1.165) is 0 Å². The van der Waals surface area contributed by atoms with Crippen molar-refractivity contribution in [1.29, 1.82) is 0 Å². The monoisotopic (exact) mass is 188 g/mol. The lowest BCUT2D eigenvalue weighted by Gasteiger charge is -2.49. The molecule has 0 aromatic rings. The van der Waals surface area contributed by atoms with Crippen molar-refractivity contribution in [3.63, 3.8) is 0 Å². The van der Waals surface area contributed by atoms with Gasteiger partial charge in [-0.1, -0.05) is 27.7 Å². The van der Waals surface area contributed by atoms with Crippen LogP contribution in [-0.2, 0) is 0 Å². The SMILES string of the molecule is CC(C)C(C)(C)C(C)(O)C(C)(C)O. The van der Waals surface area contributed by atoms with Gasteiger partial charge in [-0.15, -0.1) is 0 Å². The molecule has 2 heteroatoms. The highest BCUT2D eigenvalue weighted by molar-refractivity contribution is 5.01. The van der Waals surface area contributed by atoms with Crippen molar-refractivity contribution in [3.05, 3.63) is 0 Å². The molecule has 0 amide bonds. The summed E-state index contributed by atoms with van der Waals surface area (Å²) >= 11 is 0. The average molecular weight is 188 g/mol. The lowest BCUT2D eigenvalue weighted by molar-refractivity contribution is -0.193. The number of aliphatic hydroxyl groups is 2. The van der Waals surface area contributed by atoms with Gasteiger partial charge in [0.25, 0.3) is 0 Å². The molecule has 2 N–H and O–H groups in total. The van der Waals surface area contributed by atoms with Crippen LogP contribution in [0.5, 0.6) is 0 Å². The summed E-state index contributed by atoms with van der Waals surface area (Å²) < 4.78 is 0. The first-order chi connectivity index (χ1) is 5.44. The summed E-state index contributed by atoms with van der Waals surface area (Å²) in [6.45, 7) is 13.1. The Morgan fingerprint density at radius 2 is 1.15 bits per heavy atom. The van der Waals surface area contributed by atoms with E-state index >= 15 is 0 Å². The van der Waals surface area contributed by atoms with Crippen molar-refractivity contribution in [2.75, 3.05) is 0 Å². The van der Waals surface area contributed by atoms with E-state index in [1.165, 1.54) is 0 Å². The van der Waals surface area contributed by atoms with Crippen LogP contribution in [0.2, 0.25) is 0 Å². The molecule has 0 heterocycles. The zero-order valence-electron chi connectivity index (χ0n) is 9.97. The Labute approximate surface area is 82.0 Å². The van der Waals surface area contributed by atoms with Gasteiger partial charge in [-0.2, -0.15) is 0 Å². The van der Waals surface area contributed by atoms with E-state index < -0.39 is 11.2 Å². The lowest BCUT2D eigenvalue weighted by Crippen LogP contribution is -2.59. The maximum Gasteiger partial charge on any atom is 0.0952 e. The molecule has 0 aliphatic carbocycles. The standard InChI is InChI=1S/C11H24O2/c1-8(2)9(3,4)11(7,13)10(5,6)12/h8,12-13H,1-7H3. The second-order valence-corrected chi connectivity index (χ2v) is 5.51. The molecule has 0 bridgehead atoms. The first-order valence-electron chi connectivity index (χ1n) is 4.89. The van der Waals surface area contributed by atoms with E-state index in [-0.39, 0.29) is 5.41 Å². The first kappa shape index (κ1) is 12.9. The van der Waals surface area contributed by atoms with E-state index in [4.69, 9.17) is 0 Å². The second-order valence-electron chi connectivity index (χ2n) is 5.51. The fourth-order valence-corrected chi connectivity index (χ4v) is 1.35. The maximum absolute atomic E-state index is 10.3. The molecule has 0 rings (SSSR count). The van der Waals surface area contributed by atoms with Crippen LogP contribution in [-0.4, -0.2) is 21.4 Å². The van der Waals surface area contributed by atoms with Gasteiger partial charge in [0.15, 0.2) is 0 Å². The van der Waals surface area contributed by atoms with E-state index in [2.05, 4.69) is 13.8 Å². The quantitative estimate of drug-likeness (QED) is 0.712. The molecule has 0 saturated heterocycles.